The molecule has 0 aromatic heterocycles. The lowest BCUT2D eigenvalue weighted by molar-refractivity contribution is -0.522. The minimum atomic E-state index is -2.57. The highest BCUT2D eigenvalue weighted by Gasteiger charge is 2.77. The Labute approximate surface area is 224 Å². The number of guanidine groups is 2. The number of aliphatic hydroxyl groups is 2. The fourth-order valence-corrected chi connectivity index (χ4v) is 6.89. The number of benzene rings is 1. The average Bonchev–Trinajstić information content (AvgIpc) is 3.47. The van der Waals surface area contributed by atoms with E-state index in [1.54, 1.807) is 6.07 Å². The van der Waals surface area contributed by atoms with Crippen LogP contribution in [0, 0.1) is 0 Å². The second kappa shape index (κ2) is 8.55. The number of aryl methyl sites for hydroxylation is 1. The maximum atomic E-state index is 13.8. The van der Waals surface area contributed by atoms with Crippen molar-refractivity contribution in [1.82, 2.24) is 24.9 Å². The van der Waals surface area contributed by atoms with E-state index in [0.717, 1.165) is 41.7 Å². The Morgan fingerprint density at radius 1 is 1.26 bits per heavy atom. The first kappa shape index (κ1) is 25.4. The van der Waals surface area contributed by atoms with Gasteiger partial charge in [-0.2, -0.15) is 0 Å². The fraction of sp³-hybridized carbons (Fsp3) is 0.560. The molecular formula is C25H34N9O5+. The molecule has 1 aromatic rings. The number of nitrogens with two attached hydrogens (primary N) is 2. The topological polar surface area (TPSA) is 195 Å². The minimum Gasteiger partial charge on any atom is -0.370 e. The van der Waals surface area contributed by atoms with Crippen molar-refractivity contribution < 1.29 is 29.6 Å². The van der Waals surface area contributed by atoms with Crippen molar-refractivity contribution >= 4 is 29.8 Å². The number of hydrogen-bond donors (Lipinski definition) is 6. The standard InChI is InChI=1S/C25H33N9O5/c1-31-12-18(35)33(23(31)37)10-16-19-24(30-21(26)29-19)25(38,39)17(11-34(24)22(27)28-16)32(2)20(36)15-9-5-7-13-6-3-4-8-14(13)15/h5,7,9,16-17,19,38-39H,3-4,6,8,10-12H2,1-2H3,(H2,27,28)(H3,26,29,30)/p+1/t16-,17-,19-,24-/m0/s1. The number of fused-ring (bicyclic) bond motifs is 1. The summed E-state index contributed by atoms with van der Waals surface area (Å²) in [6.45, 7) is -0.250. The summed E-state index contributed by atoms with van der Waals surface area (Å²) in [6, 6.07) is 2.31. The Morgan fingerprint density at radius 2 is 2.00 bits per heavy atom. The molecule has 0 bridgehead atoms. The third kappa shape index (κ3) is 3.44. The molecule has 14 heteroatoms. The molecule has 1 aromatic carbocycles. The van der Waals surface area contributed by atoms with Crippen LogP contribution in [0.3, 0.4) is 0 Å². The molecule has 1 aliphatic carbocycles. The Balaban J connectivity index is 1.34. The van der Waals surface area contributed by atoms with Crippen molar-refractivity contribution in [2.75, 3.05) is 33.7 Å². The van der Waals surface area contributed by atoms with Gasteiger partial charge in [-0.3, -0.25) is 30.1 Å². The molecule has 14 nitrogen and oxygen atoms in total. The van der Waals surface area contributed by atoms with Crippen LogP contribution in [0.5, 0.6) is 0 Å². The molecule has 5 aliphatic rings. The molecule has 0 radical (unpaired) electrons. The van der Waals surface area contributed by atoms with E-state index in [1.165, 1.54) is 28.8 Å². The third-order valence-corrected chi connectivity index (χ3v) is 8.87. The predicted molar refractivity (Wildman–Crippen MR) is 138 cm³/mol. The molecule has 208 valence electrons. The number of urea groups is 1. The second-order valence-electron chi connectivity index (χ2n) is 11.0. The van der Waals surface area contributed by atoms with Gasteiger partial charge in [-0.05, 0) is 42.9 Å². The molecule has 2 fully saturated rings. The summed E-state index contributed by atoms with van der Waals surface area (Å²) >= 11 is 0. The molecule has 4 heterocycles. The van der Waals surface area contributed by atoms with Gasteiger partial charge in [0.15, 0.2) is 12.0 Å². The highest BCUT2D eigenvalue weighted by Crippen LogP contribution is 2.43. The van der Waals surface area contributed by atoms with Gasteiger partial charge in [0.25, 0.3) is 11.6 Å². The summed E-state index contributed by atoms with van der Waals surface area (Å²) in [5.41, 5.74) is 13.5. The molecule has 0 saturated carbocycles. The summed E-state index contributed by atoms with van der Waals surface area (Å²) in [5, 5.41) is 26.7. The lowest BCUT2D eigenvalue weighted by Crippen LogP contribution is -2.90. The zero-order valence-corrected chi connectivity index (χ0v) is 21.9. The maximum absolute atomic E-state index is 13.8. The zero-order chi connectivity index (χ0) is 27.9. The highest BCUT2D eigenvalue weighted by molar-refractivity contribution is 6.02. The van der Waals surface area contributed by atoms with Crippen LogP contribution in [0.25, 0.3) is 0 Å². The highest BCUT2D eigenvalue weighted by atomic mass is 16.5. The first-order valence-electron chi connectivity index (χ1n) is 13.1. The number of nitrogens with one attached hydrogen (secondary N) is 2. The SMILES string of the molecule is CN1CC(=O)N(C[C@@H]2N=C(N)N3C[C@H](N(C)C(=O)c4cccc5c4CCCC5)C(O)(O)[C@@]34NC(N)=[NH+][C@@H]24)C1=O. The Bertz CT molecular complexity index is 1330. The van der Waals surface area contributed by atoms with Crippen LogP contribution in [-0.4, -0.2) is 123 Å². The molecule has 4 atom stereocenters. The maximum Gasteiger partial charge on any atom is 0.343 e. The third-order valence-electron chi connectivity index (χ3n) is 8.87. The van der Waals surface area contributed by atoms with E-state index in [0.29, 0.717) is 5.56 Å². The first-order chi connectivity index (χ1) is 18.5. The molecule has 4 aliphatic heterocycles. The van der Waals surface area contributed by atoms with Crippen molar-refractivity contribution in [2.24, 2.45) is 16.5 Å². The average molecular weight is 541 g/mol. The van der Waals surface area contributed by atoms with E-state index in [2.05, 4.69) is 15.3 Å². The Morgan fingerprint density at radius 3 is 2.72 bits per heavy atom. The summed E-state index contributed by atoms with van der Waals surface area (Å²) in [4.78, 5) is 51.6. The number of rotatable bonds is 4. The van der Waals surface area contributed by atoms with Gasteiger partial charge >= 0.3 is 12.0 Å². The van der Waals surface area contributed by atoms with E-state index < -0.39 is 41.5 Å². The van der Waals surface area contributed by atoms with Gasteiger partial charge in [-0.1, -0.05) is 12.1 Å². The van der Waals surface area contributed by atoms with Gasteiger partial charge in [0.05, 0.1) is 13.1 Å². The number of hydrogen-bond acceptors (Lipinski definition) is 10. The number of amides is 4. The number of likely N-dealkylation sites (N-methyl/N-ethyl adjacent to an activating group) is 2. The second-order valence-corrected chi connectivity index (χ2v) is 11.0. The molecule has 8 N–H and O–H groups in total. The van der Waals surface area contributed by atoms with Crippen molar-refractivity contribution in [3.05, 3.63) is 34.9 Å². The molecule has 6 rings (SSSR count). The van der Waals surface area contributed by atoms with Crippen LogP contribution in [0.1, 0.15) is 34.3 Å². The first-order valence-corrected chi connectivity index (χ1v) is 13.1. The predicted octanol–water partition coefficient (Wildman–Crippen LogP) is -4.34. The van der Waals surface area contributed by atoms with Gasteiger partial charge in [0.2, 0.25) is 11.7 Å². The van der Waals surface area contributed by atoms with E-state index >= 15 is 0 Å². The largest absolute Gasteiger partial charge is 0.370 e. The van der Waals surface area contributed by atoms with Gasteiger partial charge in [-0.15, -0.1) is 0 Å². The van der Waals surface area contributed by atoms with E-state index in [1.807, 2.05) is 12.1 Å². The molecule has 39 heavy (non-hydrogen) atoms. The minimum absolute atomic E-state index is 0.0272. The Hall–Kier alpha value is -3.91. The van der Waals surface area contributed by atoms with Gasteiger partial charge in [0, 0.05) is 19.7 Å². The number of aliphatic imine (C=N–C) groups is 1. The van der Waals surface area contributed by atoms with Crippen LogP contribution in [0.15, 0.2) is 23.2 Å². The summed E-state index contributed by atoms with van der Waals surface area (Å²) in [5.74, 6) is -3.27. The van der Waals surface area contributed by atoms with Gasteiger partial charge in [-0.25, -0.2) is 15.1 Å². The molecular weight excluding hydrogens is 506 g/mol. The molecule has 1 spiro atoms. The molecule has 0 unspecified atom stereocenters. The lowest BCUT2D eigenvalue weighted by atomic mass is 9.84. The van der Waals surface area contributed by atoms with Crippen LogP contribution >= 0.6 is 0 Å². The van der Waals surface area contributed by atoms with Crippen molar-refractivity contribution in [2.45, 2.75) is 55.3 Å². The number of carbonyl (C=O) groups is 3. The van der Waals surface area contributed by atoms with Gasteiger partial charge in [0.1, 0.15) is 18.6 Å². The number of nitrogens with zero attached hydrogens (tertiary/aromatic N) is 5. The summed E-state index contributed by atoms with van der Waals surface area (Å²) in [6.07, 6.45) is 3.76. The smallest absolute Gasteiger partial charge is 0.343 e. The normalized spacial score (nSPS) is 30.9. The monoisotopic (exact) mass is 540 g/mol. The summed E-state index contributed by atoms with van der Waals surface area (Å²) < 4.78 is 0. The van der Waals surface area contributed by atoms with E-state index in [4.69, 9.17) is 11.5 Å². The van der Waals surface area contributed by atoms with Crippen LogP contribution < -0.4 is 21.8 Å². The molecule has 4 amide bonds. The van der Waals surface area contributed by atoms with E-state index in [-0.39, 0.29) is 37.5 Å². The Kier molecular flexibility index (Phi) is 5.56. The summed E-state index contributed by atoms with van der Waals surface area (Å²) in [7, 11) is 3.06. The quantitative estimate of drug-likeness (QED) is 0.162. The van der Waals surface area contributed by atoms with Crippen LogP contribution in [0.4, 0.5) is 4.79 Å². The number of carbonyl (C=O) groups excluding carboxylic acids is 3. The number of imide groups is 1. The lowest BCUT2D eigenvalue weighted by Gasteiger charge is -2.46. The zero-order valence-electron chi connectivity index (χ0n) is 21.9. The van der Waals surface area contributed by atoms with Crippen LogP contribution in [-0.2, 0) is 17.6 Å². The van der Waals surface area contributed by atoms with Crippen molar-refractivity contribution in [3.8, 4) is 0 Å². The van der Waals surface area contributed by atoms with Crippen LogP contribution in [0.2, 0.25) is 0 Å². The van der Waals surface area contributed by atoms with Crippen molar-refractivity contribution in [1.29, 1.82) is 0 Å². The van der Waals surface area contributed by atoms with Gasteiger partial charge < -0.3 is 25.7 Å². The van der Waals surface area contributed by atoms with Crippen molar-refractivity contribution in [3.63, 3.8) is 0 Å². The van der Waals surface area contributed by atoms with E-state index in [9.17, 15) is 24.6 Å². The fourth-order valence-electron chi connectivity index (χ4n) is 6.89. The molecule has 2 saturated heterocycles.